The molecule has 5 nitrogen and oxygen atoms in total. The molecule has 0 aliphatic carbocycles. The maximum atomic E-state index is 11.8. The molecule has 1 N–H and O–H groups in total. The monoisotopic (exact) mass is 304 g/mol. The van der Waals surface area contributed by atoms with Gasteiger partial charge in [0.1, 0.15) is 5.82 Å². The van der Waals surface area contributed by atoms with Gasteiger partial charge in [0.25, 0.3) is 0 Å². The number of fused-ring (bicyclic) bond motifs is 1. The van der Waals surface area contributed by atoms with Gasteiger partial charge in [-0.15, -0.1) is 0 Å². The Bertz CT molecular complexity index is 676. The van der Waals surface area contributed by atoms with E-state index in [1.165, 1.54) is 0 Å². The van der Waals surface area contributed by atoms with Crippen LogP contribution in [0.25, 0.3) is 11.0 Å². The van der Waals surface area contributed by atoms with Crippen molar-refractivity contribution in [3.05, 3.63) is 29.4 Å². The summed E-state index contributed by atoms with van der Waals surface area (Å²) in [5, 5.41) is 3.38. The predicted octanol–water partition coefficient (Wildman–Crippen LogP) is 2.25. The maximum absolute atomic E-state index is 11.8. The first-order valence-electron chi connectivity index (χ1n) is 7.06. The minimum Gasteiger partial charge on any atom is -0.359 e. The molecule has 3 rings (SSSR count). The van der Waals surface area contributed by atoms with Crippen molar-refractivity contribution in [3.8, 4) is 0 Å². The van der Waals surface area contributed by atoms with Crippen molar-refractivity contribution in [2.75, 3.05) is 25.0 Å². The van der Waals surface area contributed by atoms with Gasteiger partial charge in [0.05, 0.1) is 23.1 Å². The quantitative estimate of drug-likeness (QED) is 0.924. The van der Waals surface area contributed by atoms with E-state index < -0.39 is 0 Å². The Morgan fingerprint density at radius 3 is 3.10 bits per heavy atom. The highest BCUT2D eigenvalue weighted by molar-refractivity contribution is 6.31. The molecule has 1 amide bonds. The first kappa shape index (κ1) is 14.1. The summed E-state index contributed by atoms with van der Waals surface area (Å²) >= 11 is 5.95. The lowest BCUT2D eigenvalue weighted by molar-refractivity contribution is -0.124. The lowest BCUT2D eigenvalue weighted by Gasteiger charge is -2.32. The highest BCUT2D eigenvalue weighted by Crippen LogP contribution is 2.24. The summed E-state index contributed by atoms with van der Waals surface area (Å²) in [6, 6.07) is 5.48. The van der Waals surface area contributed by atoms with Gasteiger partial charge >= 0.3 is 0 Å². The normalized spacial score (nSPS) is 18.8. The second kappa shape index (κ2) is 5.85. The molecule has 1 unspecified atom stereocenters. The Hall–Kier alpha value is -1.88. The van der Waals surface area contributed by atoms with Crippen LogP contribution in [-0.4, -0.2) is 36.0 Å². The molecule has 1 aliphatic heterocycles. The van der Waals surface area contributed by atoms with Crippen molar-refractivity contribution in [1.29, 1.82) is 0 Å². The van der Waals surface area contributed by atoms with Gasteiger partial charge in [0.2, 0.25) is 5.91 Å². The molecule has 0 spiro atoms. The third-order valence-electron chi connectivity index (χ3n) is 3.85. The third kappa shape index (κ3) is 2.93. The summed E-state index contributed by atoms with van der Waals surface area (Å²) in [5.74, 6) is 0.935. The lowest BCUT2D eigenvalue weighted by Crippen LogP contribution is -2.42. The first-order chi connectivity index (χ1) is 10.2. The number of halogens is 1. The van der Waals surface area contributed by atoms with Crippen LogP contribution in [-0.2, 0) is 4.79 Å². The van der Waals surface area contributed by atoms with Gasteiger partial charge in [-0.2, -0.15) is 0 Å². The number of hydrogen-bond donors (Lipinski definition) is 1. The van der Waals surface area contributed by atoms with Crippen molar-refractivity contribution in [3.63, 3.8) is 0 Å². The van der Waals surface area contributed by atoms with Crippen LogP contribution in [0, 0.1) is 5.92 Å². The zero-order valence-electron chi connectivity index (χ0n) is 11.8. The molecule has 1 fully saturated rings. The molecule has 21 heavy (non-hydrogen) atoms. The SMILES string of the molecule is CNC(=O)C1CCCN(c2cnc3cc(Cl)ccc3n2)C1. The predicted molar refractivity (Wildman–Crippen MR) is 83.6 cm³/mol. The Morgan fingerprint density at radius 1 is 1.43 bits per heavy atom. The number of nitrogens with one attached hydrogen (secondary N) is 1. The molecule has 6 heteroatoms. The van der Waals surface area contributed by atoms with Gasteiger partial charge in [-0.1, -0.05) is 11.6 Å². The van der Waals surface area contributed by atoms with Crippen LogP contribution in [0.4, 0.5) is 5.82 Å². The topological polar surface area (TPSA) is 58.1 Å². The molecular weight excluding hydrogens is 288 g/mol. The number of anilines is 1. The molecule has 2 aromatic rings. The van der Waals surface area contributed by atoms with Crippen LogP contribution >= 0.6 is 11.6 Å². The molecule has 1 aromatic heterocycles. The number of amides is 1. The number of carbonyl (C=O) groups is 1. The van der Waals surface area contributed by atoms with E-state index in [-0.39, 0.29) is 11.8 Å². The van der Waals surface area contributed by atoms with Gasteiger partial charge in [-0.05, 0) is 31.0 Å². The van der Waals surface area contributed by atoms with E-state index in [0.717, 1.165) is 36.2 Å². The maximum Gasteiger partial charge on any atom is 0.224 e. The molecule has 0 radical (unpaired) electrons. The van der Waals surface area contributed by atoms with Crippen LogP contribution in [0.1, 0.15) is 12.8 Å². The summed E-state index contributed by atoms with van der Waals surface area (Å²) in [6.45, 7) is 1.59. The van der Waals surface area contributed by atoms with Gasteiger partial charge in [-0.25, -0.2) is 4.98 Å². The van der Waals surface area contributed by atoms with Crippen LogP contribution in [0.5, 0.6) is 0 Å². The number of carbonyl (C=O) groups excluding carboxylic acids is 1. The summed E-state index contributed by atoms with van der Waals surface area (Å²) in [5.41, 5.74) is 1.60. The summed E-state index contributed by atoms with van der Waals surface area (Å²) in [4.78, 5) is 23.0. The first-order valence-corrected chi connectivity index (χ1v) is 7.44. The molecule has 1 aromatic carbocycles. The highest BCUT2D eigenvalue weighted by atomic mass is 35.5. The largest absolute Gasteiger partial charge is 0.359 e. The zero-order chi connectivity index (χ0) is 14.8. The fourth-order valence-electron chi connectivity index (χ4n) is 2.73. The number of aromatic nitrogens is 2. The number of rotatable bonds is 2. The van der Waals surface area contributed by atoms with Crippen molar-refractivity contribution >= 4 is 34.4 Å². The summed E-state index contributed by atoms with van der Waals surface area (Å²) < 4.78 is 0. The number of piperidine rings is 1. The van der Waals surface area contributed by atoms with Gasteiger partial charge in [0.15, 0.2) is 0 Å². The Morgan fingerprint density at radius 2 is 2.29 bits per heavy atom. The smallest absolute Gasteiger partial charge is 0.224 e. The van der Waals surface area contributed by atoms with E-state index in [9.17, 15) is 4.79 Å². The van der Waals surface area contributed by atoms with E-state index in [1.54, 1.807) is 19.3 Å². The molecule has 1 saturated heterocycles. The second-order valence-electron chi connectivity index (χ2n) is 5.26. The molecular formula is C15H17ClN4O. The van der Waals surface area contributed by atoms with Gasteiger partial charge in [0, 0.05) is 25.2 Å². The Balaban J connectivity index is 1.86. The van der Waals surface area contributed by atoms with E-state index >= 15 is 0 Å². The standard InChI is InChI=1S/C15H17ClN4O/c1-17-15(21)10-3-2-6-20(9-10)14-8-18-13-7-11(16)4-5-12(13)19-14/h4-5,7-8,10H,2-3,6,9H2,1H3,(H,17,21). The van der Waals surface area contributed by atoms with E-state index in [1.807, 2.05) is 12.1 Å². The Kier molecular flexibility index (Phi) is 3.92. The molecule has 2 heterocycles. The molecule has 1 aliphatic rings. The lowest BCUT2D eigenvalue weighted by atomic mass is 9.97. The van der Waals surface area contributed by atoms with Crippen LogP contribution < -0.4 is 10.2 Å². The highest BCUT2D eigenvalue weighted by Gasteiger charge is 2.26. The second-order valence-corrected chi connectivity index (χ2v) is 5.70. The van der Waals surface area contributed by atoms with Gasteiger partial charge < -0.3 is 10.2 Å². The van der Waals surface area contributed by atoms with E-state index in [4.69, 9.17) is 11.6 Å². The van der Waals surface area contributed by atoms with Crippen molar-refractivity contribution in [2.24, 2.45) is 5.92 Å². The van der Waals surface area contributed by atoms with Crippen molar-refractivity contribution in [2.45, 2.75) is 12.8 Å². The third-order valence-corrected chi connectivity index (χ3v) is 4.09. The van der Waals surface area contributed by atoms with E-state index in [2.05, 4.69) is 20.2 Å². The summed E-state index contributed by atoms with van der Waals surface area (Å²) in [7, 11) is 1.68. The van der Waals surface area contributed by atoms with Crippen molar-refractivity contribution < 1.29 is 4.79 Å². The summed E-state index contributed by atoms with van der Waals surface area (Å²) in [6.07, 6.45) is 3.66. The average molecular weight is 305 g/mol. The fraction of sp³-hybridized carbons (Fsp3) is 0.400. The minimum atomic E-state index is 0.0199. The zero-order valence-corrected chi connectivity index (χ0v) is 12.6. The van der Waals surface area contributed by atoms with Crippen molar-refractivity contribution in [1.82, 2.24) is 15.3 Å². The molecule has 110 valence electrons. The van der Waals surface area contributed by atoms with Crippen LogP contribution in [0.3, 0.4) is 0 Å². The molecule has 0 saturated carbocycles. The van der Waals surface area contributed by atoms with Crippen LogP contribution in [0.15, 0.2) is 24.4 Å². The number of hydrogen-bond acceptors (Lipinski definition) is 4. The molecule has 0 bridgehead atoms. The molecule has 1 atom stereocenters. The van der Waals surface area contributed by atoms with E-state index in [0.29, 0.717) is 11.6 Å². The van der Waals surface area contributed by atoms with Crippen LogP contribution in [0.2, 0.25) is 5.02 Å². The number of nitrogens with zero attached hydrogens (tertiary/aromatic N) is 3. The fourth-order valence-corrected chi connectivity index (χ4v) is 2.90. The number of benzene rings is 1. The van der Waals surface area contributed by atoms with Gasteiger partial charge in [-0.3, -0.25) is 9.78 Å². The minimum absolute atomic E-state index is 0.0199. The average Bonchev–Trinajstić information content (AvgIpc) is 2.53. The Labute approximate surface area is 128 Å².